The van der Waals surface area contributed by atoms with Gasteiger partial charge in [-0.2, -0.15) is 12.6 Å². The zero-order valence-electron chi connectivity index (χ0n) is 12.6. The lowest BCUT2D eigenvalue weighted by Gasteiger charge is -2.06. The lowest BCUT2D eigenvalue weighted by molar-refractivity contribution is -0.137. The van der Waals surface area contributed by atoms with Crippen LogP contribution in [0.25, 0.3) is 0 Å². The quantitative estimate of drug-likeness (QED) is 0.329. The van der Waals surface area contributed by atoms with E-state index >= 15 is 0 Å². The van der Waals surface area contributed by atoms with Gasteiger partial charge in [0.1, 0.15) is 0 Å². The molecule has 1 atom stereocenters. The molecule has 1 unspecified atom stereocenters. The molecule has 114 valence electrons. The van der Waals surface area contributed by atoms with Crippen molar-refractivity contribution < 1.29 is 9.90 Å². The van der Waals surface area contributed by atoms with Gasteiger partial charge >= 0.3 is 5.97 Å². The largest absolute Gasteiger partial charge is 0.481 e. The molecule has 0 bridgehead atoms. The summed E-state index contributed by atoms with van der Waals surface area (Å²) >= 11 is 4.50. The molecule has 0 rings (SSSR count). The zero-order valence-corrected chi connectivity index (χ0v) is 13.5. The minimum atomic E-state index is -0.661. The Labute approximate surface area is 124 Å². The summed E-state index contributed by atoms with van der Waals surface area (Å²) in [4.78, 5) is 10.3. The highest BCUT2D eigenvalue weighted by molar-refractivity contribution is 7.80. The molecule has 2 nitrogen and oxygen atoms in total. The van der Waals surface area contributed by atoms with Crippen molar-refractivity contribution >= 4 is 18.6 Å². The molecule has 0 aliphatic rings. The van der Waals surface area contributed by atoms with Gasteiger partial charge in [0, 0.05) is 11.7 Å². The van der Waals surface area contributed by atoms with Crippen molar-refractivity contribution in [2.45, 2.75) is 95.6 Å². The van der Waals surface area contributed by atoms with Crippen LogP contribution >= 0.6 is 12.6 Å². The fourth-order valence-corrected chi connectivity index (χ4v) is 2.46. The van der Waals surface area contributed by atoms with Crippen molar-refractivity contribution in [3.63, 3.8) is 0 Å². The number of hydrogen-bond donors (Lipinski definition) is 2. The Bertz CT molecular complexity index is 207. The van der Waals surface area contributed by atoms with Crippen LogP contribution in [0.2, 0.25) is 0 Å². The van der Waals surface area contributed by atoms with E-state index in [2.05, 4.69) is 19.6 Å². The van der Waals surface area contributed by atoms with Crippen molar-refractivity contribution in [2.24, 2.45) is 0 Å². The van der Waals surface area contributed by atoms with Crippen LogP contribution in [0.3, 0.4) is 0 Å². The summed E-state index contributed by atoms with van der Waals surface area (Å²) in [6.07, 6.45) is 15.3. The summed E-state index contributed by atoms with van der Waals surface area (Å²) < 4.78 is 0. The average molecular weight is 288 g/mol. The molecule has 0 spiro atoms. The van der Waals surface area contributed by atoms with E-state index in [0.717, 1.165) is 12.8 Å². The molecule has 0 saturated heterocycles. The topological polar surface area (TPSA) is 37.3 Å². The first kappa shape index (κ1) is 18.8. The monoisotopic (exact) mass is 288 g/mol. The second kappa shape index (κ2) is 14.2. The first-order valence-electron chi connectivity index (χ1n) is 8.06. The van der Waals surface area contributed by atoms with Crippen LogP contribution in [-0.4, -0.2) is 16.3 Å². The lowest BCUT2D eigenvalue weighted by Crippen LogP contribution is -1.95. The molecule has 0 aromatic carbocycles. The second-order valence-electron chi connectivity index (χ2n) is 5.53. The number of aliphatic carboxylic acids is 1. The molecule has 0 aliphatic carbocycles. The predicted molar refractivity (Wildman–Crippen MR) is 86.1 cm³/mol. The van der Waals surface area contributed by atoms with Crippen molar-refractivity contribution in [1.29, 1.82) is 0 Å². The van der Waals surface area contributed by atoms with Crippen LogP contribution < -0.4 is 0 Å². The van der Waals surface area contributed by atoms with Gasteiger partial charge in [0.2, 0.25) is 0 Å². The van der Waals surface area contributed by atoms with Crippen LogP contribution in [0.4, 0.5) is 0 Å². The number of carbonyl (C=O) groups is 1. The number of hydrogen-bond acceptors (Lipinski definition) is 2. The van der Waals surface area contributed by atoms with E-state index in [-0.39, 0.29) is 0 Å². The van der Waals surface area contributed by atoms with Gasteiger partial charge in [-0.05, 0) is 19.3 Å². The fourth-order valence-electron chi connectivity index (χ4n) is 2.27. The molecule has 3 heteroatoms. The summed E-state index contributed by atoms with van der Waals surface area (Å²) in [6.45, 7) is 2.20. The number of rotatable bonds is 14. The van der Waals surface area contributed by atoms with Gasteiger partial charge in [-0.1, -0.05) is 64.7 Å². The molecule has 1 N–H and O–H groups in total. The molecule has 0 aromatic rings. The van der Waals surface area contributed by atoms with Gasteiger partial charge in [0.25, 0.3) is 0 Å². The summed E-state index contributed by atoms with van der Waals surface area (Å²) in [5, 5.41) is 9.10. The SMILES string of the molecule is CCC(S)CCCCCCCCCCCCC(=O)O. The summed E-state index contributed by atoms with van der Waals surface area (Å²) in [7, 11) is 0. The standard InChI is InChI=1S/C16H32O2S/c1-2-15(19)13-11-9-7-5-3-4-6-8-10-12-14-16(17)18/h15,19H,2-14H2,1H3,(H,17,18). The van der Waals surface area contributed by atoms with Crippen LogP contribution in [0.5, 0.6) is 0 Å². The van der Waals surface area contributed by atoms with E-state index in [0.29, 0.717) is 11.7 Å². The maximum absolute atomic E-state index is 10.3. The number of carboxylic acids is 1. The highest BCUT2D eigenvalue weighted by atomic mass is 32.1. The van der Waals surface area contributed by atoms with E-state index in [1.165, 1.54) is 64.2 Å². The molecular formula is C16H32O2S. The second-order valence-corrected chi connectivity index (χ2v) is 6.26. The third-order valence-corrected chi connectivity index (χ3v) is 4.27. The first-order chi connectivity index (χ1) is 9.16. The van der Waals surface area contributed by atoms with Gasteiger partial charge in [-0.15, -0.1) is 0 Å². The minimum absolute atomic E-state index is 0.337. The van der Waals surface area contributed by atoms with Gasteiger partial charge in [0.05, 0.1) is 0 Å². The average Bonchev–Trinajstić information content (AvgIpc) is 2.39. The Hall–Kier alpha value is -0.180. The molecule has 19 heavy (non-hydrogen) atoms. The van der Waals surface area contributed by atoms with Crippen molar-refractivity contribution in [1.82, 2.24) is 0 Å². The predicted octanol–water partition coefficient (Wildman–Crippen LogP) is 5.46. The third-order valence-electron chi connectivity index (χ3n) is 3.65. The molecule has 0 aliphatic heterocycles. The van der Waals surface area contributed by atoms with Gasteiger partial charge in [-0.3, -0.25) is 4.79 Å². The molecule has 0 fully saturated rings. The van der Waals surface area contributed by atoms with E-state index in [4.69, 9.17) is 5.11 Å². The molecular weight excluding hydrogens is 256 g/mol. The summed E-state index contributed by atoms with van der Waals surface area (Å²) in [5.74, 6) is -0.661. The fraction of sp³-hybridized carbons (Fsp3) is 0.938. The highest BCUT2D eigenvalue weighted by Crippen LogP contribution is 2.14. The highest BCUT2D eigenvalue weighted by Gasteiger charge is 1.99. The Kier molecular flexibility index (Phi) is 14.1. The number of unbranched alkanes of at least 4 members (excludes halogenated alkanes) is 9. The number of carboxylic acid groups (broad SMARTS) is 1. The van der Waals surface area contributed by atoms with Crippen molar-refractivity contribution in [3.05, 3.63) is 0 Å². The van der Waals surface area contributed by atoms with Crippen LogP contribution in [-0.2, 0) is 4.79 Å². The lowest BCUT2D eigenvalue weighted by atomic mass is 10.0. The molecule has 0 radical (unpaired) electrons. The van der Waals surface area contributed by atoms with Crippen LogP contribution in [0.1, 0.15) is 90.4 Å². The molecule has 0 heterocycles. The number of thiol groups is 1. The van der Waals surface area contributed by atoms with Crippen LogP contribution in [0, 0.1) is 0 Å². The van der Waals surface area contributed by atoms with Gasteiger partial charge < -0.3 is 5.11 Å². The zero-order chi connectivity index (χ0) is 14.3. The van der Waals surface area contributed by atoms with Crippen LogP contribution in [0.15, 0.2) is 0 Å². The molecule has 0 aromatic heterocycles. The third kappa shape index (κ3) is 15.8. The van der Waals surface area contributed by atoms with Crippen molar-refractivity contribution in [3.8, 4) is 0 Å². The first-order valence-corrected chi connectivity index (χ1v) is 8.58. The maximum Gasteiger partial charge on any atom is 0.303 e. The Morgan fingerprint density at radius 2 is 1.32 bits per heavy atom. The minimum Gasteiger partial charge on any atom is -0.481 e. The Morgan fingerprint density at radius 1 is 0.895 bits per heavy atom. The molecule has 0 saturated carbocycles. The Balaban J connectivity index is 3.01. The summed E-state index contributed by atoms with van der Waals surface area (Å²) in [5.41, 5.74) is 0. The van der Waals surface area contributed by atoms with Gasteiger partial charge in [0.15, 0.2) is 0 Å². The van der Waals surface area contributed by atoms with E-state index in [1.54, 1.807) is 0 Å². The van der Waals surface area contributed by atoms with E-state index in [9.17, 15) is 4.79 Å². The van der Waals surface area contributed by atoms with E-state index < -0.39 is 5.97 Å². The maximum atomic E-state index is 10.3. The van der Waals surface area contributed by atoms with Crippen molar-refractivity contribution in [2.75, 3.05) is 0 Å². The Morgan fingerprint density at radius 3 is 1.74 bits per heavy atom. The normalized spacial score (nSPS) is 12.5. The summed E-state index contributed by atoms with van der Waals surface area (Å²) in [6, 6.07) is 0. The van der Waals surface area contributed by atoms with Gasteiger partial charge in [-0.25, -0.2) is 0 Å². The molecule has 0 amide bonds. The smallest absolute Gasteiger partial charge is 0.303 e. The van der Waals surface area contributed by atoms with E-state index in [1.807, 2.05) is 0 Å².